The standard InChI is InChI=1S/C27H32NOSi.C12H10N.Ir/c1-8-20(17(2)3)19-15-18(4)26(28-16-19)22-13-14-24(30(5,6)7)25-21-11-9-10-12-23(21)29-27(22)25;1-10-7-8-12(13-9-10)11-5-3-2-4-6-11;/h9-12,14-17,20H,8H2,1-7H3;2-5,7-9H,1H3;/q2*-1;. The monoisotopic (exact) mass is 775 g/mol. The SMILES string of the molecule is CCC(c1cnc(-c2[c-]cc([Si](C)(C)C)c3c2oc2ccccc23)c(C)c1)C(C)C.Cc1ccc(-c2[c-]cccc2)nc1.[Ir]. The second-order valence-corrected chi connectivity index (χ2v) is 17.9. The van der Waals surface area contributed by atoms with Crippen LogP contribution in [0.1, 0.15) is 49.8 Å². The summed E-state index contributed by atoms with van der Waals surface area (Å²) in [5.74, 6) is 1.14. The van der Waals surface area contributed by atoms with E-state index in [1.54, 1.807) is 0 Å². The van der Waals surface area contributed by atoms with Gasteiger partial charge in [-0.05, 0) is 60.7 Å². The van der Waals surface area contributed by atoms with Gasteiger partial charge in [0, 0.05) is 46.0 Å². The molecule has 0 aliphatic heterocycles. The third-order valence-corrected chi connectivity index (χ3v) is 10.2. The van der Waals surface area contributed by atoms with Crippen molar-refractivity contribution in [2.75, 3.05) is 0 Å². The van der Waals surface area contributed by atoms with Gasteiger partial charge in [-0.2, -0.15) is 0 Å². The number of hydrogen-bond donors (Lipinski definition) is 0. The first-order valence-corrected chi connectivity index (χ1v) is 18.8. The first kappa shape index (κ1) is 33.5. The van der Waals surface area contributed by atoms with Crippen LogP contribution in [0.3, 0.4) is 0 Å². The summed E-state index contributed by atoms with van der Waals surface area (Å²) in [4.78, 5) is 9.25. The van der Waals surface area contributed by atoms with Gasteiger partial charge in [-0.25, -0.2) is 0 Å². The van der Waals surface area contributed by atoms with E-state index in [0.29, 0.717) is 11.8 Å². The number of para-hydroxylation sites is 1. The zero-order chi connectivity index (χ0) is 30.7. The van der Waals surface area contributed by atoms with E-state index in [1.165, 1.54) is 32.6 Å². The van der Waals surface area contributed by atoms with Gasteiger partial charge in [-0.15, -0.1) is 53.2 Å². The summed E-state index contributed by atoms with van der Waals surface area (Å²) >= 11 is 0. The number of benzene rings is 3. The van der Waals surface area contributed by atoms with E-state index < -0.39 is 8.07 Å². The van der Waals surface area contributed by atoms with E-state index in [-0.39, 0.29) is 20.1 Å². The Hall–Kier alpha value is -3.37. The van der Waals surface area contributed by atoms with Crippen LogP contribution in [0.15, 0.2) is 89.6 Å². The maximum Gasteiger partial charge on any atom is 0.120 e. The average molecular weight is 775 g/mol. The predicted octanol–water partition coefficient (Wildman–Crippen LogP) is 10.3. The topological polar surface area (TPSA) is 38.9 Å². The Morgan fingerprint density at radius 3 is 2.25 bits per heavy atom. The Morgan fingerprint density at radius 2 is 1.64 bits per heavy atom. The minimum Gasteiger partial charge on any atom is -0.501 e. The molecule has 0 fully saturated rings. The maximum absolute atomic E-state index is 6.42. The third kappa shape index (κ3) is 7.12. The molecule has 3 aromatic heterocycles. The van der Waals surface area contributed by atoms with Crippen molar-refractivity contribution in [2.45, 2.75) is 66.6 Å². The summed E-state index contributed by atoms with van der Waals surface area (Å²) in [5.41, 5.74) is 9.53. The molecule has 1 unspecified atom stereocenters. The number of hydrogen-bond acceptors (Lipinski definition) is 3. The molecule has 0 saturated carbocycles. The van der Waals surface area contributed by atoms with Gasteiger partial charge in [0.1, 0.15) is 5.58 Å². The molecule has 3 heterocycles. The van der Waals surface area contributed by atoms with Crippen LogP contribution in [-0.2, 0) is 20.1 Å². The van der Waals surface area contributed by atoms with Gasteiger partial charge in [0.25, 0.3) is 0 Å². The van der Waals surface area contributed by atoms with Crippen LogP contribution in [0.5, 0.6) is 0 Å². The number of nitrogens with zero attached hydrogens (tertiary/aromatic N) is 2. The molecule has 3 nitrogen and oxygen atoms in total. The summed E-state index contributed by atoms with van der Waals surface area (Å²) in [6.45, 7) is 18.2. The molecule has 6 rings (SSSR count). The van der Waals surface area contributed by atoms with Gasteiger partial charge in [0.2, 0.25) is 0 Å². The molecule has 229 valence electrons. The Labute approximate surface area is 277 Å². The van der Waals surface area contributed by atoms with Gasteiger partial charge < -0.3 is 14.4 Å². The Balaban J connectivity index is 0.000000264. The smallest absolute Gasteiger partial charge is 0.120 e. The molecule has 5 heteroatoms. The quantitative estimate of drug-likeness (QED) is 0.125. The van der Waals surface area contributed by atoms with Crippen molar-refractivity contribution in [1.82, 2.24) is 9.97 Å². The zero-order valence-corrected chi connectivity index (χ0v) is 30.5. The number of rotatable bonds is 6. The molecule has 6 aromatic rings. The molecular formula is C39H42IrN2OSi-2. The van der Waals surface area contributed by atoms with Crippen LogP contribution < -0.4 is 5.19 Å². The van der Waals surface area contributed by atoms with Crippen LogP contribution in [0.2, 0.25) is 19.6 Å². The van der Waals surface area contributed by atoms with E-state index in [0.717, 1.165) is 40.1 Å². The maximum atomic E-state index is 6.42. The van der Waals surface area contributed by atoms with Crippen LogP contribution in [-0.4, -0.2) is 18.0 Å². The molecule has 0 aliphatic carbocycles. The van der Waals surface area contributed by atoms with Crippen LogP contribution >= 0.6 is 0 Å². The average Bonchev–Trinajstić information content (AvgIpc) is 3.38. The van der Waals surface area contributed by atoms with Crippen LogP contribution in [0.4, 0.5) is 0 Å². The van der Waals surface area contributed by atoms with Gasteiger partial charge in [-0.3, -0.25) is 0 Å². The molecule has 0 bridgehead atoms. The Kier molecular flexibility index (Phi) is 10.8. The van der Waals surface area contributed by atoms with Crippen molar-refractivity contribution in [2.24, 2.45) is 5.92 Å². The molecule has 0 saturated heterocycles. The zero-order valence-electron chi connectivity index (χ0n) is 27.1. The summed E-state index contributed by atoms with van der Waals surface area (Å²) in [7, 11) is -1.57. The van der Waals surface area contributed by atoms with Crippen molar-refractivity contribution in [3.63, 3.8) is 0 Å². The van der Waals surface area contributed by atoms with Crippen molar-refractivity contribution < 1.29 is 24.5 Å². The van der Waals surface area contributed by atoms with E-state index in [2.05, 4.69) is 107 Å². The minimum absolute atomic E-state index is 0. The number of pyridine rings is 2. The number of furan rings is 1. The molecule has 0 spiro atoms. The molecular weight excluding hydrogens is 733 g/mol. The minimum atomic E-state index is -1.57. The Morgan fingerprint density at radius 1 is 0.886 bits per heavy atom. The summed E-state index contributed by atoms with van der Waals surface area (Å²) < 4.78 is 6.42. The fourth-order valence-corrected chi connectivity index (χ4v) is 7.37. The van der Waals surface area contributed by atoms with E-state index in [1.807, 2.05) is 49.5 Å². The van der Waals surface area contributed by atoms with Crippen molar-refractivity contribution >= 4 is 35.2 Å². The second-order valence-electron chi connectivity index (χ2n) is 12.8. The Bertz CT molecular complexity index is 1840. The molecule has 0 aliphatic rings. The van der Waals surface area contributed by atoms with Gasteiger partial charge >= 0.3 is 0 Å². The number of fused-ring (bicyclic) bond motifs is 3. The first-order valence-electron chi connectivity index (χ1n) is 15.3. The predicted molar refractivity (Wildman–Crippen MR) is 185 cm³/mol. The van der Waals surface area contributed by atoms with Crippen molar-refractivity contribution in [3.8, 4) is 22.5 Å². The normalized spacial score (nSPS) is 12.1. The number of aromatic nitrogens is 2. The van der Waals surface area contributed by atoms with Gasteiger partial charge in [0.05, 0.1) is 5.58 Å². The summed E-state index contributed by atoms with van der Waals surface area (Å²) in [6.07, 6.45) is 5.06. The molecule has 44 heavy (non-hydrogen) atoms. The second kappa shape index (κ2) is 14.2. The van der Waals surface area contributed by atoms with Crippen LogP contribution in [0, 0.1) is 31.9 Å². The van der Waals surface area contributed by atoms with Crippen molar-refractivity contribution in [3.05, 3.63) is 114 Å². The fraction of sp³-hybridized carbons (Fsp3) is 0.282. The van der Waals surface area contributed by atoms with Gasteiger partial charge in [0.15, 0.2) is 0 Å². The van der Waals surface area contributed by atoms with E-state index >= 15 is 0 Å². The molecule has 3 aromatic carbocycles. The summed E-state index contributed by atoms with van der Waals surface area (Å²) in [5, 5.41) is 3.84. The third-order valence-electron chi connectivity index (χ3n) is 8.17. The number of aryl methyl sites for hydroxylation is 2. The summed E-state index contributed by atoms with van der Waals surface area (Å²) in [6, 6.07) is 31.5. The van der Waals surface area contributed by atoms with E-state index in [9.17, 15) is 0 Å². The van der Waals surface area contributed by atoms with Gasteiger partial charge in [-0.1, -0.05) is 93.3 Å². The largest absolute Gasteiger partial charge is 0.501 e. The van der Waals surface area contributed by atoms with Crippen molar-refractivity contribution in [1.29, 1.82) is 0 Å². The fourth-order valence-electron chi connectivity index (χ4n) is 5.87. The molecule has 0 amide bonds. The first-order chi connectivity index (χ1) is 20.6. The molecule has 0 N–H and O–H groups in total. The molecule has 1 radical (unpaired) electrons. The molecule has 1 atom stereocenters. The van der Waals surface area contributed by atoms with Crippen LogP contribution in [0.25, 0.3) is 44.5 Å². The van der Waals surface area contributed by atoms with E-state index in [4.69, 9.17) is 9.40 Å².